The van der Waals surface area contributed by atoms with Gasteiger partial charge in [-0.25, -0.2) is 4.39 Å². The summed E-state index contributed by atoms with van der Waals surface area (Å²) in [4.78, 5) is 53.0. The lowest BCUT2D eigenvalue weighted by atomic mass is 9.90. The lowest BCUT2D eigenvalue weighted by Crippen LogP contribution is -2.53. The fourth-order valence-electron chi connectivity index (χ4n) is 5.81. The van der Waals surface area contributed by atoms with Crippen LogP contribution in [0.25, 0.3) is 11.1 Å². The Balaban J connectivity index is 2.09. The topological polar surface area (TPSA) is 105 Å². The third kappa shape index (κ3) is 8.82. The number of nitrogens with one attached hydrogen (secondary N) is 2. The van der Waals surface area contributed by atoms with Gasteiger partial charge in [-0.05, 0) is 80.3 Å². The number of benzene rings is 2. The molecule has 1 aliphatic heterocycles. The van der Waals surface area contributed by atoms with Crippen molar-refractivity contribution in [2.24, 2.45) is 5.92 Å². The van der Waals surface area contributed by atoms with Crippen LogP contribution in [0.4, 0.5) is 17.6 Å². The molecule has 1 aliphatic rings. The molecule has 2 aromatic carbocycles. The normalized spacial score (nSPS) is 16.3. The summed E-state index contributed by atoms with van der Waals surface area (Å²) in [6.07, 6.45) is -4.59. The highest BCUT2D eigenvalue weighted by molar-refractivity contribution is 5.92. The Morgan fingerprint density at radius 2 is 1.71 bits per heavy atom. The number of carbonyl (C=O) groups is 4. The summed E-state index contributed by atoms with van der Waals surface area (Å²) in [5, 5.41) is 5.22. The molecule has 3 amide bonds. The van der Waals surface area contributed by atoms with Crippen LogP contribution in [-0.4, -0.2) is 53.8 Å². The van der Waals surface area contributed by atoms with E-state index in [2.05, 4.69) is 10.6 Å². The molecular formula is C33H41F4N3O5. The minimum absolute atomic E-state index is 0.0434. The van der Waals surface area contributed by atoms with Crippen molar-refractivity contribution in [2.75, 3.05) is 13.2 Å². The van der Waals surface area contributed by atoms with Crippen LogP contribution in [0.2, 0.25) is 0 Å². The van der Waals surface area contributed by atoms with Gasteiger partial charge in [0.05, 0.1) is 24.6 Å². The number of hydrogen-bond acceptors (Lipinski definition) is 5. The third-order valence-corrected chi connectivity index (χ3v) is 7.84. The number of rotatable bonds is 11. The molecule has 2 N–H and O–H groups in total. The largest absolute Gasteiger partial charge is 0.466 e. The maximum atomic E-state index is 15.8. The van der Waals surface area contributed by atoms with E-state index in [1.54, 1.807) is 32.0 Å². The number of likely N-dealkylation sites (tertiary alicyclic amines) is 1. The van der Waals surface area contributed by atoms with Crippen LogP contribution in [0, 0.1) is 25.6 Å². The van der Waals surface area contributed by atoms with Gasteiger partial charge in [0.25, 0.3) is 0 Å². The van der Waals surface area contributed by atoms with Gasteiger partial charge in [-0.15, -0.1) is 0 Å². The van der Waals surface area contributed by atoms with Gasteiger partial charge >= 0.3 is 12.1 Å². The molecule has 0 aromatic heterocycles. The van der Waals surface area contributed by atoms with Gasteiger partial charge in [0.15, 0.2) is 0 Å². The van der Waals surface area contributed by atoms with Gasteiger partial charge in [-0.3, -0.25) is 19.2 Å². The molecule has 12 heteroatoms. The Labute approximate surface area is 260 Å². The summed E-state index contributed by atoms with van der Waals surface area (Å²) in [5.41, 5.74) is -0.261. The minimum atomic E-state index is -5.08. The first-order valence-electron chi connectivity index (χ1n) is 15.1. The van der Waals surface area contributed by atoms with Crippen LogP contribution in [0.1, 0.15) is 81.7 Å². The fraction of sp³-hybridized carbons (Fsp3) is 0.515. The fourth-order valence-corrected chi connectivity index (χ4v) is 5.81. The highest BCUT2D eigenvalue weighted by atomic mass is 19.4. The van der Waals surface area contributed by atoms with Crippen LogP contribution < -0.4 is 10.6 Å². The van der Waals surface area contributed by atoms with Gasteiger partial charge in [0.2, 0.25) is 17.7 Å². The van der Waals surface area contributed by atoms with Crippen molar-refractivity contribution in [1.29, 1.82) is 0 Å². The van der Waals surface area contributed by atoms with Crippen molar-refractivity contribution in [3.8, 4) is 11.1 Å². The van der Waals surface area contributed by atoms with E-state index in [0.717, 1.165) is 6.07 Å². The van der Waals surface area contributed by atoms with Crippen molar-refractivity contribution in [1.82, 2.24) is 15.5 Å². The van der Waals surface area contributed by atoms with E-state index < -0.39 is 65.5 Å². The SMILES string of the molecule is CCOC(=O)C[C@H](NC(=O)[C@H](CC(C)C)NC(=O)[C@H]1CCCN1C(C)=O)c1cc(-c2c(C)cccc2C)cc(C(F)(F)F)c1F. The van der Waals surface area contributed by atoms with Gasteiger partial charge < -0.3 is 20.3 Å². The second-order valence-corrected chi connectivity index (χ2v) is 11.8. The predicted molar refractivity (Wildman–Crippen MR) is 160 cm³/mol. The molecule has 1 fully saturated rings. The maximum Gasteiger partial charge on any atom is 0.419 e. The average molecular weight is 636 g/mol. The van der Waals surface area contributed by atoms with Gasteiger partial charge in [-0.2, -0.15) is 13.2 Å². The molecule has 2 aromatic rings. The van der Waals surface area contributed by atoms with Crippen molar-refractivity contribution in [2.45, 2.75) is 91.5 Å². The number of alkyl halides is 3. The average Bonchev–Trinajstić information content (AvgIpc) is 3.43. The number of halogens is 4. The van der Waals surface area contributed by atoms with E-state index in [1.165, 1.54) is 24.8 Å². The molecular weight excluding hydrogens is 594 g/mol. The lowest BCUT2D eigenvalue weighted by molar-refractivity contribution is -0.144. The van der Waals surface area contributed by atoms with Gasteiger partial charge in [-0.1, -0.05) is 32.0 Å². The number of esters is 1. The zero-order valence-electron chi connectivity index (χ0n) is 26.4. The number of hydrogen-bond donors (Lipinski definition) is 2. The Morgan fingerprint density at radius 1 is 1.07 bits per heavy atom. The van der Waals surface area contributed by atoms with Crippen LogP contribution in [0.15, 0.2) is 30.3 Å². The molecule has 0 bridgehead atoms. The second kappa shape index (κ2) is 14.9. The zero-order valence-corrected chi connectivity index (χ0v) is 26.4. The van der Waals surface area contributed by atoms with Crippen molar-refractivity contribution >= 4 is 23.7 Å². The molecule has 1 heterocycles. The van der Waals surface area contributed by atoms with E-state index in [9.17, 15) is 32.3 Å². The number of ether oxygens (including phenoxy) is 1. The predicted octanol–water partition coefficient (Wildman–Crippen LogP) is 5.78. The van der Waals surface area contributed by atoms with E-state index in [0.29, 0.717) is 36.1 Å². The number of amides is 3. The molecule has 0 aliphatic carbocycles. The highest BCUT2D eigenvalue weighted by Crippen LogP contribution is 2.40. The first-order valence-corrected chi connectivity index (χ1v) is 15.1. The Hall–Kier alpha value is -3.96. The number of nitrogens with zero attached hydrogens (tertiary/aromatic N) is 1. The van der Waals surface area contributed by atoms with E-state index >= 15 is 4.39 Å². The van der Waals surface area contributed by atoms with Crippen molar-refractivity contribution in [3.63, 3.8) is 0 Å². The monoisotopic (exact) mass is 635 g/mol. The summed E-state index contributed by atoms with van der Waals surface area (Å²) in [5.74, 6) is -4.25. The van der Waals surface area contributed by atoms with Crippen molar-refractivity contribution in [3.05, 3.63) is 58.4 Å². The summed E-state index contributed by atoms with van der Waals surface area (Å²) in [6.45, 7) is 10.3. The Bertz CT molecular complexity index is 1410. The standard InChI is InChI=1S/C33H41F4N3O5/c1-7-45-28(42)17-25(38-31(43)26(14-18(2)3)39-32(44)27-12-9-13-40(27)21(6)41)23-15-22(16-24(30(23)34)33(35,36)37)29-19(4)10-8-11-20(29)5/h8,10-11,15-16,18,25-27H,7,9,12-14,17H2,1-6H3,(H,38,43)(H,39,44)/t25-,26-,27+/m0/s1. The molecule has 0 radical (unpaired) electrons. The smallest absolute Gasteiger partial charge is 0.419 e. The Morgan fingerprint density at radius 3 is 2.27 bits per heavy atom. The molecule has 246 valence electrons. The molecule has 45 heavy (non-hydrogen) atoms. The molecule has 8 nitrogen and oxygen atoms in total. The molecule has 0 saturated carbocycles. The number of carbonyl (C=O) groups excluding carboxylic acids is 4. The summed E-state index contributed by atoms with van der Waals surface area (Å²) >= 11 is 0. The van der Waals surface area contributed by atoms with E-state index in [1.807, 2.05) is 13.8 Å². The molecule has 0 unspecified atom stereocenters. The molecule has 0 spiro atoms. The lowest BCUT2D eigenvalue weighted by Gasteiger charge is -2.28. The van der Waals surface area contributed by atoms with Crippen LogP contribution >= 0.6 is 0 Å². The van der Waals surface area contributed by atoms with E-state index in [-0.39, 0.29) is 30.4 Å². The second-order valence-electron chi connectivity index (χ2n) is 11.8. The van der Waals surface area contributed by atoms with Gasteiger partial charge in [0.1, 0.15) is 17.9 Å². The first kappa shape index (κ1) is 35.5. The highest BCUT2D eigenvalue weighted by Gasteiger charge is 2.39. The first-order chi connectivity index (χ1) is 21.0. The van der Waals surface area contributed by atoms with Crippen LogP contribution in [0.5, 0.6) is 0 Å². The van der Waals surface area contributed by atoms with Crippen LogP contribution in [0.3, 0.4) is 0 Å². The molecule has 1 saturated heterocycles. The molecule has 3 rings (SSSR count). The Kier molecular flexibility index (Phi) is 11.7. The minimum Gasteiger partial charge on any atom is -0.466 e. The zero-order chi connectivity index (χ0) is 33.6. The third-order valence-electron chi connectivity index (χ3n) is 7.84. The van der Waals surface area contributed by atoms with E-state index in [4.69, 9.17) is 4.74 Å². The van der Waals surface area contributed by atoms with Crippen LogP contribution in [-0.2, 0) is 30.1 Å². The van der Waals surface area contributed by atoms with Crippen molar-refractivity contribution < 1.29 is 41.5 Å². The van der Waals surface area contributed by atoms with Gasteiger partial charge in [0, 0.05) is 19.0 Å². The quantitative estimate of drug-likeness (QED) is 0.241. The number of aryl methyl sites for hydroxylation is 2. The summed E-state index contributed by atoms with van der Waals surface area (Å²) in [7, 11) is 0. The maximum absolute atomic E-state index is 15.8. The summed E-state index contributed by atoms with van der Waals surface area (Å²) in [6, 6.07) is 3.60. The molecule has 3 atom stereocenters. The summed E-state index contributed by atoms with van der Waals surface area (Å²) < 4.78 is 63.4.